The van der Waals surface area contributed by atoms with Gasteiger partial charge in [-0.15, -0.1) is 0 Å². The summed E-state index contributed by atoms with van der Waals surface area (Å²) in [6, 6.07) is 0.401. The molecule has 2 unspecified atom stereocenters. The van der Waals surface area contributed by atoms with Crippen LogP contribution in [0.15, 0.2) is 0 Å². The predicted molar refractivity (Wildman–Crippen MR) is 64.1 cm³/mol. The van der Waals surface area contributed by atoms with Gasteiger partial charge in [0.15, 0.2) is 0 Å². The molecule has 4 heteroatoms. The van der Waals surface area contributed by atoms with E-state index in [0.29, 0.717) is 19.2 Å². The maximum Gasteiger partial charge on any atom is 0.248 e. The van der Waals surface area contributed by atoms with Gasteiger partial charge in [-0.2, -0.15) is 0 Å². The molecule has 0 radical (unpaired) electrons. The molecule has 2 atom stereocenters. The van der Waals surface area contributed by atoms with E-state index in [1.807, 2.05) is 11.9 Å². The maximum absolute atomic E-state index is 11.8. The van der Waals surface area contributed by atoms with Crippen LogP contribution in [0.3, 0.4) is 0 Å². The molecular formula is C12H24N2O2. The van der Waals surface area contributed by atoms with Crippen molar-refractivity contribution in [2.45, 2.75) is 38.6 Å². The molecule has 0 aromatic carbocycles. The van der Waals surface area contributed by atoms with Crippen LogP contribution in [0, 0.1) is 5.92 Å². The van der Waals surface area contributed by atoms with Gasteiger partial charge < -0.3 is 15.4 Å². The van der Waals surface area contributed by atoms with Crippen LogP contribution in [0.2, 0.25) is 0 Å². The monoisotopic (exact) mass is 228 g/mol. The molecule has 0 heterocycles. The fourth-order valence-corrected chi connectivity index (χ4v) is 2.30. The smallest absolute Gasteiger partial charge is 0.248 e. The van der Waals surface area contributed by atoms with E-state index in [0.717, 1.165) is 18.8 Å². The van der Waals surface area contributed by atoms with Crippen molar-refractivity contribution in [3.8, 4) is 0 Å². The van der Waals surface area contributed by atoms with Crippen LogP contribution >= 0.6 is 0 Å². The van der Waals surface area contributed by atoms with Crippen LogP contribution in [0.5, 0.6) is 0 Å². The minimum absolute atomic E-state index is 0.0764. The Morgan fingerprint density at radius 1 is 1.50 bits per heavy atom. The molecule has 1 rings (SSSR count). The Labute approximate surface area is 98.1 Å². The molecule has 1 fully saturated rings. The second-order valence-electron chi connectivity index (χ2n) is 4.77. The summed E-state index contributed by atoms with van der Waals surface area (Å²) < 4.78 is 5.17. The number of carbonyl (C=O) groups excluding carboxylic acids is 1. The van der Waals surface area contributed by atoms with E-state index >= 15 is 0 Å². The van der Waals surface area contributed by atoms with Crippen LogP contribution in [0.25, 0.3) is 0 Å². The predicted octanol–water partition coefficient (Wildman–Crippen LogP) is 0.999. The summed E-state index contributed by atoms with van der Waals surface area (Å²) in [4.78, 5) is 13.6. The van der Waals surface area contributed by atoms with Crippen molar-refractivity contribution in [3.05, 3.63) is 0 Å². The van der Waals surface area contributed by atoms with Crippen molar-refractivity contribution in [2.75, 3.05) is 26.8 Å². The quantitative estimate of drug-likeness (QED) is 0.714. The summed E-state index contributed by atoms with van der Waals surface area (Å²) in [5, 5.41) is 0. The molecule has 16 heavy (non-hydrogen) atoms. The Hall–Kier alpha value is -0.610. The molecule has 2 N–H and O–H groups in total. The van der Waals surface area contributed by atoms with Gasteiger partial charge in [0.1, 0.15) is 6.61 Å². The van der Waals surface area contributed by atoms with Crippen molar-refractivity contribution in [1.29, 1.82) is 0 Å². The average Bonchev–Trinajstić information content (AvgIpc) is 2.28. The number of nitrogens with zero attached hydrogens (tertiary/aromatic N) is 1. The summed E-state index contributed by atoms with van der Waals surface area (Å²) >= 11 is 0. The lowest BCUT2D eigenvalue weighted by Gasteiger charge is -2.34. The number of hydrogen-bond acceptors (Lipinski definition) is 3. The highest BCUT2D eigenvalue weighted by Crippen LogP contribution is 2.26. The van der Waals surface area contributed by atoms with Crippen molar-refractivity contribution < 1.29 is 9.53 Å². The Morgan fingerprint density at radius 3 is 2.88 bits per heavy atom. The minimum Gasteiger partial charge on any atom is -0.370 e. The van der Waals surface area contributed by atoms with Crippen LogP contribution in [-0.2, 0) is 9.53 Å². The van der Waals surface area contributed by atoms with Gasteiger partial charge in [-0.25, -0.2) is 0 Å². The third-order valence-corrected chi connectivity index (χ3v) is 3.34. The topological polar surface area (TPSA) is 55.6 Å². The first-order valence-corrected chi connectivity index (χ1v) is 6.18. The first-order chi connectivity index (χ1) is 7.65. The van der Waals surface area contributed by atoms with Gasteiger partial charge in [0.2, 0.25) is 5.91 Å². The van der Waals surface area contributed by atoms with Gasteiger partial charge in [-0.05, 0) is 18.8 Å². The van der Waals surface area contributed by atoms with Gasteiger partial charge in [0, 0.05) is 19.6 Å². The lowest BCUT2D eigenvalue weighted by Crippen LogP contribution is -2.41. The molecule has 0 aromatic rings. The third kappa shape index (κ3) is 4.10. The molecular weight excluding hydrogens is 204 g/mol. The van der Waals surface area contributed by atoms with Gasteiger partial charge >= 0.3 is 0 Å². The Morgan fingerprint density at radius 2 is 2.25 bits per heavy atom. The zero-order valence-corrected chi connectivity index (χ0v) is 10.4. The van der Waals surface area contributed by atoms with Crippen LogP contribution in [0.4, 0.5) is 0 Å². The molecule has 4 nitrogen and oxygen atoms in total. The molecule has 0 spiro atoms. The number of likely N-dealkylation sites (N-methyl/N-ethyl adjacent to an activating group) is 1. The van der Waals surface area contributed by atoms with Crippen molar-refractivity contribution in [3.63, 3.8) is 0 Å². The highest BCUT2D eigenvalue weighted by atomic mass is 16.5. The Bertz CT molecular complexity index is 221. The van der Waals surface area contributed by atoms with E-state index in [-0.39, 0.29) is 12.5 Å². The average molecular weight is 228 g/mol. The highest BCUT2D eigenvalue weighted by Gasteiger charge is 2.25. The number of amides is 1. The van der Waals surface area contributed by atoms with E-state index in [9.17, 15) is 4.79 Å². The normalized spacial score (nSPS) is 25.4. The number of hydrogen-bond donors (Lipinski definition) is 1. The second kappa shape index (κ2) is 6.86. The Balaban J connectivity index is 2.31. The molecule has 1 saturated carbocycles. The number of rotatable bonds is 5. The Kier molecular flexibility index (Phi) is 5.77. The maximum atomic E-state index is 11.8. The highest BCUT2D eigenvalue weighted by molar-refractivity contribution is 5.77. The van der Waals surface area contributed by atoms with Gasteiger partial charge in [-0.1, -0.05) is 19.8 Å². The lowest BCUT2D eigenvalue weighted by molar-refractivity contribution is -0.137. The number of carbonyl (C=O) groups is 1. The van der Waals surface area contributed by atoms with Crippen LogP contribution in [-0.4, -0.2) is 43.7 Å². The first kappa shape index (κ1) is 13.5. The van der Waals surface area contributed by atoms with E-state index in [1.54, 1.807) is 0 Å². The fraction of sp³-hybridized carbons (Fsp3) is 0.917. The van der Waals surface area contributed by atoms with E-state index in [2.05, 4.69) is 6.92 Å². The summed E-state index contributed by atoms with van der Waals surface area (Å²) in [7, 11) is 1.89. The number of nitrogens with two attached hydrogens (primary N) is 1. The molecule has 1 amide bonds. The van der Waals surface area contributed by atoms with Crippen molar-refractivity contribution >= 4 is 5.91 Å². The summed E-state index contributed by atoms with van der Waals surface area (Å²) in [6.45, 7) is 3.35. The van der Waals surface area contributed by atoms with E-state index < -0.39 is 0 Å². The lowest BCUT2D eigenvalue weighted by atomic mass is 9.86. The first-order valence-electron chi connectivity index (χ1n) is 6.18. The molecule has 0 aliphatic heterocycles. The van der Waals surface area contributed by atoms with Crippen LogP contribution < -0.4 is 5.73 Å². The van der Waals surface area contributed by atoms with Crippen molar-refractivity contribution in [1.82, 2.24) is 4.90 Å². The largest absolute Gasteiger partial charge is 0.370 e. The van der Waals surface area contributed by atoms with E-state index in [4.69, 9.17) is 10.5 Å². The fourth-order valence-electron chi connectivity index (χ4n) is 2.30. The van der Waals surface area contributed by atoms with Crippen molar-refractivity contribution in [2.24, 2.45) is 11.7 Å². The minimum atomic E-state index is 0.0764. The van der Waals surface area contributed by atoms with Crippen LogP contribution in [0.1, 0.15) is 32.6 Å². The number of ether oxygens (including phenoxy) is 1. The van der Waals surface area contributed by atoms with Gasteiger partial charge in [-0.3, -0.25) is 4.79 Å². The molecule has 94 valence electrons. The van der Waals surface area contributed by atoms with E-state index in [1.165, 1.54) is 12.8 Å². The molecule has 1 aliphatic carbocycles. The summed E-state index contributed by atoms with van der Waals surface area (Å²) in [6.07, 6.45) is 4.78. The molecule has 0 aromatic heterocycles. The zero-order chi connectivity index (χ0) is 12.0. The third-order valence-electron chi connectivity index (χ3n) is 3.34. The molecule has 0 saturated heterocycles. The van der Waals surface area contributed by atoms with Gasteiger partial charge in [0.25, 0.3) is 0 Å². The molecule has 1 aliphatic rings. The SMILES string of the molecule is CC1CCCC(N(C)C(=O)COCCN)C1. The molecule has 0 bridgehead atoms. The summed E-state index contributed by atoms with van der Waals surface area (Å²) in [5.74, 6) is 0.812. The van der Waals surface area contributed by atoms with Gasteiger partial charge in [0.05, 0.1) is 6.61 Å². The second-order valence-corrected chi connectivity index (χ2v) is 4.77. The standard InChI is InChI=1S/C12H24N2O2/c1-10-4-3-5-11(8-10)14(2)12(15)9-16-7-6-13/h10-11H,3-9,13H2,1-2H3. The summed E-state index contributed by atoms with van der Waals surface area (Å²) in [5.41, 5.74) is 5.30. The zero-order valence-electron chi connectivity index (χ0n) is 10.4.